The lowest BCUT2D eigenvalue weighted by Gasteiger charge is -2.14. The minimum Gasteiger partial charge on any atom is -0.493 e. The summed E-state index contributed by atoms with van der Waals surface area (Å²) >= 11 is 0. The molecule has 0 amide bonds. The van der Waals surface area contributed by atoms with E-state index < -0.39 is 0 Å². The molecule has 104 valence electrons. The summed E-state index contributed by atoms with van der Waals surface area (Å²) in [5.41, 5.74) is 2.80. The molecule has 20 heavy (non-hydrogen) atoms. The van der Waals surface area contributed by atoms with Gasteiger partial charge in [0.15, 0.2) is 11.5 Å². The lowest BCUT2D eigenvalue weighted by molar-refractivity contribution is 0.274. The predicted molar refractivity (Wildman–Crippen MR) is 79.1 cm³/mol. The van der Waals surface area contributed by atoms with Crippen LogP contribution in [-0.2, 0) is 6.54 Å². The van der Waals surface area contributed by atoms with Crippen LogP contribution in [0.5, 0.6) is 11.5 Å². The van der Waals surface area contributed by atoms with Crippen molar-refractivity contribution in [2.24, 2.45) is 0 Å². The van der Waals surface area contributed by atoms with Gasteiger partial charge in [-0.3, -0.25) is 0 Å². The van der Waals surface area contributed by atoms with E-state index in [1.165, 1.54) is 11.1 Å². The second-order valence-electron chi connectivity index (χ2n) is 4.92. The largest absolute Gasteiger partial charge is 0.493 e. The van der Waals surface area contributed by atoms with Crippen LogP contribution >= 0.6 is 0 Å². The molecule has 3 heteroatoms. The van der Waals surface area contributed by atoms with Crippen LogP contribution in [0.15, 0.2) is 48.5 Å². The number of hydrogen-bond acceptors (Lipinski definition) is 3. The number of hydrogen-bond donors (Lipinski definition) is 1. The first-order valence-corrected chi connectivity index (χ1v) is 6.95. The minimum absolute atomic E-state index is 0.390. The highest BCUT2D eigenvalue weighted by molar-refractivity contribution is 5.39. The molecule has 1 atom stereocenters. The van der Waals surface area contributed by atoms with Crippen LogP contribution in [0.1, 0.15) is 23.6 Å². The van der Waals surface area contributed by atoms with E-state index in [0.717, 1.165) is 24.5 Å². The van der Waals surface area contributed by atoms with E-state index >= 15 is 0 Å². The van der Waals surface area contributed by atoms with Gasteiger partial charge in [0, 0.05) is 19.0 Å². The van der Waals surface area contributed by atoms with Gasteiger partial charge in [-0.25, -0.2) is 0 Å². The Balaban J connectivity index is 1.59. The third kappa shape index (κ3) is 2.63. The zero-order valence-corrected chi connectivity index (χ0v) is 11.6. The summed E-state index contributed by atoms with van der Waals surface area (Å²) in [6.45, 7) is 1.63. The molecule has 0 saturated heterocycles. The fraction of sp³-hybridized carbons (Fsp3) is 0.294. The van der Waals surface area contributed by atoms with Gasteiger partial charge < -0.3 is 14.8 Å². The van der Waals surface area contributed by atoms with Crippen molar-refractivity contribution in [3.05, 3.63) is 59.7 Å². The van der Waals surface area contributed by atoms with Crippen molar-refractivity contribution in [1.82, 2.24) is 5.32 Å². The summed E-state index contributed by atoms with van der Waals surface area (Å²) in [5.74, 6) is 1.59. The molecule has 1 heterocycles. The van der Waals surface area contributed by atoms with Crippen LogP contribution in [0.2, 0.25) is 0 Å². The molecule has 0 radical (unpaired) electrons. The molecule has 0 fully saturated rings. The SMILES string of the molecule is COc1ccccc1OCCC1NCc2ccccc21. The van der Waals surface area contributed by atoms with Gasteiger partial charge in [-0.05, 0) is 23.3 Å². The maximum Gasteiger partial charge on any atom is 0.161 e. The molecule has 0 spiro atoms. The van der Waals surface area contributed by atoms with E-state index in [4.69, 9.17) is 9.47 Å². The van der Waals surface area contributed by atoms with Crippen LogP contribution in [0.4, 0.5) is 0 Å². The van der Waals surface area contributed by atoms with E-state index in [9.17, 15) is 0 Å². The maximum atomic E-state index is 5.84. The fourth-order valence-corrected chi connectivity index (χ4v) is 2.66. The fourth-order valence-electron chi connectivity index (χ4n) is 2.66. The minimum atomic E-state index is 0.390. The second kappa shape index (κ2) is 5.97. The van der Waals surface area contributed by atoms with Crippen LogP contribution in [0.25, 0.3) is 0 Å². The van der Waals surface area contributed by atoms with Crippen molar-refractivity contribution in [3.8, 4) is 11.5 Å². The first-order valence-electron chi connectivity index (χ1n) is 6.95. The van der Waals surface area contributed by atoms with Crippen molar-refractivity contribution < 1.29 is 9.47 Å². The molecule has 1 N–H and O–H groups in total. The van der Waals surface area contributed by atoms with Crippen LogP contribution in [0.3, 0.4) is 0 Å². The Hall–Kier alpha value is -2.00. The number of ether oxygens (including phenoxy) is 2. The van der Waals surface area contributed by atoms with Gasteiger partial charge in [-0.1, -0.05) is 36.4 Å². The molecular weight excluding hydrogens is 250 g/mol. The number of rotatable bonds is 5. The van der Waals surface area contributed by atoms with Crippen molar-refractivity contribution in [2.75, 3.05) is 13.7 Å². The van der Waals surface area contributed by atoms with Gasteiger partial charge in [0.2, 0.25) is 0 Å². The van der Waals surface area contributed by atoms with E-state index in [1.54, 1.807) is 7.11 Å². The van der Waals surface area contributed by atoms with Gasteiger partial charge >= 0.3 is 0 Å². The van der Waals surface area contributed by atoms with Crippen molar-refractivity contribution in [2.45, 2.75) is 19.0 Å². The summed E-state index contributed by atoms with van der Waals surface area (Å²) in [6, 6.07) is 16.7. The maximum absolute atomic E-state index is 5.84. The van der Waals surface area contributed by atoms with Gasteiger partial charge in [-0.15, -0.1) is 0 Å². The highest BCUT2D eigenvalue weighted by Crippen LogP contribution is 2.29. The van der Waals surface area contributed by atoms with Gasteiger partial charge in [0.1, 0.15) is 0 Å². The number of fused-ring (bicyclic) bond motifs is 1. The lowest BCUT2D eigenvalue weighted by atomic mass is 10.0. The smallest absolute Gasteiger partial charge is 0.161 e. The summed E-state index contributed by atoms with van der Waals surface area (Å²) in [4.78, 5) is 0. The Morgan fingerprint density at radius 3 is 2.65 bits per heavy atom. The van der Waals surface area contributed by atoms with Crippen LogP contribution in [-0.4, -0.2) is 13.7 Å². The zero-order chi connectivity index (χ0) is 13.8. The molecule has 0 aliphatic carbocycles. The predicted octanol–water partition coefficient (Wildman–Crippen LogP) is 3.31. The molecule has 3 nitrogen and oxygen atoms in total. The first-order chi connectivity index (χ1) is 9.88. The number of nitrogens with one attached hydrogen (secondary N) is 1. The number of para-hydroxylation sites is 2. The van der Waals surface area contributed by atoms with Gasteiger partial charge in [0.25, 0.3) is 0 Å². The molecule has 1 aliphatic rings. The lowest BCUT2D eigenvalue weighted by Crippen LogP contribution is -2.15. The second-order valence-corrected chi connectivity index (χ2v) is 4.92. The average Bonchev–Trinajstić information content (AvgIpc) is 2.91. The molecule has 1 unspecified atom stereocenters. The molecule has 3 rings (SSSR count). The van der Waals surface area contributed by atoms with Crippen molar-refractivity contribution in [1.29, 1.82) is 0 Å². The van der Waals surface area contributed by atoms with Gasteiger partial charge in [-0.2, -0.15) is 0 Å². The Kier molecular flexibility index (Phi) is 3.88. The molecular formula is C17H19NO2. The van der Waals surface area contributed by atoms with Crippen molar-refractivity contribution in [3.63, 3.8) is 0 Å². The van der Waals surface area contributed by atoms with Crippen LogP contribution < -0.4 is 14.8 Å². The number of methoxy groups -OCH3 is 1. The molecule has 2 aromatic rings. The summed E-state index contributed by atoms with van der Waals surface area (Å²) in [5, 5.41) is 3.53. The number of benzene rings is 2. The average molecular weight is 269 g/mol. The standard InChI is InChI=1S/C17H19NO2/c1-19-16-8-4-5-9-17(16)20-11-10-15-14-7-3-2-6-13(14)12-18-15/h2-9,15,18H,10-12H2,1H3. The quantitative estimate of drug-likeness (QED) is 0.903. The summed E-state index contributed by atoms with van der Waals surface area (Å²) in [7, 11) is 1.66. The monoisotopic (exact) mass is 269 g/mol. The van der Waals surface area contributed by atoms with Crippen molar-refractivity contribution >= 4 is 0 Å². The Morgan fingerprint density at radius 1 is 1.05 bits per heavy atom. The first kappa shape index (κ1) is 13.0. The Bertz CT molecular complexity index is 583. The molecule has 0 aromatic heterocycles. The Morgan fingerprint density at radius 2 is 1.80 bits per heavy atom. The van der Waals surface area contributed by atoms with E-state index in [1.807, 2.05) is 24.3 Å². The molecule has 0 bridgehead atoms. The molecule has 2 aromatic carbocycles. The Labute approximate surface area is 119 Å². The van der Waals surface area contributed by atoms with Crippen LogP contribution in [0, 0.1) is 0 Å². The third-order valence-corrected chi connectivity index (χ3v) is 3.70. The highest BCUT2D eigenvalue weighted by atomic mass is 16.5. The van der Waals surface area contributed by atoms with E-state index in [-0.39, 0.29) is 0 Å². The zero-order valence-electron chi connectivity index (χ0n) is 11.6. The highest BCUT2D eigenvalue weighted by Gasteiger charge is 2.20. The molecule has 1 aliphatic heterocycles. The normalized spacial score (nSPS) is 16.8. The van der Waals surface area contributed by atoms with Gasteiger partial charge in [0.05, 0.1) is 13.7 Å². The summed E-state index contributed by atoms with van der Waals surface area (Å²) in [6.07, 6.45) is 0.953. The topological polar surface area (TPSA) is 30.5 Å². The van der Waals surface area contributed by atoms with E-state index in [0.29, 0.717) is 12.6 Å². The summed E-state index contributed by atoms with van der Waals surface area (Å²) < 4.78 is 11.1. The third-order valence-electron chi connectivity index (χ3n) is 3.70. The van der Waals surface area contributed by atoms with E-state index in [2.05, 4.69) is 29.6 Å². The molecule has 0 saturated carbocycles.